The number of aromatic hydroxyl groups is 1. The minimum atomic E-state index is -0.222. The van der Waals surface area contributed by atoms with Crippen molar-refractivity contribution in [1.82, 2.24) is 15.3 Å². The van der Waals surface area contributed by atoms with E-state index in [4.69, 9.17) is 10.4 Å². The van der Waals surface area contributed by atoms with Crippen LogP contribution in [0.5, 0.6) is 5.75 Å². The Morgan fingerprint density at radius 3 is 2.24 bits per heavy atom. The lowest BCUT2D eigenvalue weighted by atomic mass is 9.52. The number of hydrogen-bond donors (Lipinski definition) is 3. The Balaban J connectivity index is 0.000000271. The van der Waals surface area contributed by atoms with Gasteiger partial charge in [0.25, 0.3) is 5.91 Å². The van der Waals surface area contributed by atoms with E-state index in [0.717, 1.165) is 37.9 Å². The Morgan fingerprint density at radius 2 is 1.74 bits per heavy atom. The quantitative estimate of drug-likeness (QED) is 0.633. The number of nitrogens with zero attached hydrogens (tertiary/aromatic N) is 4. The second-order valence-corrected chi connectivity index (χ2v) is 10.7. The number of phenols is 1. The van der Waals surface area contributed by atoms with Crippen LogP contribution in [0.25, 0.3) is 0 Å². The van der Waals surface area contributed by atoms with Crippen LogP contribution < -0.4 is 10.2 Å². The van der Waals surface area contributed by atoms with Crippen LogP contribution in [0, 0.1) is 29.1 Å². The largest absolute Gasteiger partial charge is 0.508 e. The molecule has 2 fully saturated rings. The van der Waals surface area contributed by atoms with Gasteiger partial charge in [0.1, 0.15) is 5.75 Å². The molecule has 182 valence electrons. The number of aromatic nitrogens is 2. The number of phenolic OH excluding ortho intramolecular Hbond substituents is 1. The van der Waals surface area contributed by atoms with Crippen molar-refractivity contribution in [3.05, 3.63) is 47.3 Å². The molecular formula is C26H35N5O3. The van der Waals surface area contributed by atoms with Gasteiger partial charge < -0.3 is 20.4 Å². The number of aliphatic hydroxyl groups excluding tert-OH is 1. The van der Waals surface area contributed by atoms with E-state index in [2.05, 4.69) is 43.0 Å². The van der Waals surface area contributed by atoms with E-state index in [1.165, 1.54) is 6.07 Å². The third-order valence-corrected chi connectivity index (χ3v) is 6.73. The van der Waals surface area contributed by atoms with Gasteiger partial charge in [-0.3, -0.25) is 4.79 Å². The number of aryl methyl sites for hydroxylation is 1. The lowest BCUT2D eigenvalue weighted by Crippen LogP contribution is -2.63. The zero-order valence-corrected chi connectivity index (χ0v) is 20.7. The topological polar surface area (TPSA) is 122 Å². The summed E-state index contributed by atoms with van der Waals surface area (Å²) in [5, 5.41) is 30.1. The van der Waals surface area contributed by atoms with Gasteiger partial charge in [0, 0.05) is 31.5 Å². The smallest absolute Gasteiger partial charge is 0.254 e. The van der Waals surface area contributed by atoms with Gasteiger partial charge in [0.05, 0.1) is 23.3 Å². The van der Waals surface area contributed by atoms with Crippen LogP contribution in [0.3, 0.4) is 0 Å². The summed E-state index contributed by atoms with van der Waals surface area (Å²) in [5.41, 5.74) is 2.15. The lowest BCUT2D eigenvalue weighted by Gasteiger charge is -2.57. The molecule has 1 aliphatic carbocycles. The Hall–Kier alpha value is -3.18. The van der Waals surface area contributed by atoms with E-state index in [1.807, 2.05) is 11.0 Å². The number of benzene rings is 1. The molecule has 0 atom stereocenters. The highest BCUT2D eigenvalue weighted by Gasteiger charge is 2.53. The molecule has 3 N–H and O–H groups in total. The van der Waals surface area contributed by atoms with Crippen molar-refractivity contribution in [3.8, 4) is 11.8 Å². The second kappa shape index (κ2) is 9.98. The summed E-state index contributed by atoms with van der Waals surface area (Å²) < 4.78 is 0. The summed E-state index contributed by atoms with van der Waals surface area (Å²) >= 11 is 0. The molecule has 0 bridgehead atoms. The number of carbonyl (C=O) groups is 1. The van der Waals surface area contributed by atoms with Crippen LogP contribution in [0.1, 0.15) is 68.4 Å². The third-order valence-electron chi connectivity index (χ3n) is 6.73. The molecule has 0 radical (unpaired) electrons. The summed E-state index contributed by atoms with van der Waals surface area (Å²) in [6.07, 6.45) is 5.54. The Morgan fingerprint density at radius 1 is 1.15 bits per heavy atom. The summed E-state index contributed by atoms with van der Waals surface area (Å²) in [6, 6.07) is 6.84. The average Bonchev–Trinajstić information content (AvgIpc) is 2.78. The molecule has 34 heavy (non-hydrogen) atoms. The maximum atomic E-state index is 12.5. The van der Waals surface area contributed by atoms with Crippen molar-refractivity contribution in [2.45, 2.75) is 66.0 Å². The van der Waals surface area contributed by atoms with Crippen LogP contribution >= 0.6 is 0 Å². The third kappa shape index (κ3) is 5.84. The molecule has 1 aliphatic heterocycles. The molecule has 0 spiro atoms. The van der Waals surface area contributed by atoms with Crippen LogP contribution in [0.15, 0.2) is 30.6 Å². The van der Waals surface area contributed by atoms with Crippen molar-refractivity contribution in [2.24, 2.45) is 10.8 Å². The molecule has 1 saturated carbocycles. The number of carbonyl (C=O) groups excluding carboxylic acids is 1. The molecular weight excluding hydrogens is 430 g/mol. The van der Waals surface area contributed by atoms with Crippen molar-refractivity contribution in [3.63, 3.8) is 0 Å². The standard InChI is InChI=1S/C18H28N4O2.C8H7NO/c1-17(2)11-18(3,4)15(17)21-14(24)12-9-19-16(20-10-12)22-7-5-13(23)6-8-22;1-6-4-8(10)3-2-7(6)5-9/h9-10,13,15,23H,5-8,11H2,1-4H3,(H,21,24);2-4,10H,1H3. The SMILES string of the molecule is CC1(C)CC(C)(C)C1NC(=O)c1cnc(N2CCC(O)CC2)nc1.Cc1cc(O)ccc1C#N. The van der Waals surface area contributed by atoms with Crippen LogP contribution in [0.2, 0.25) is 0 Å². The predicted octanol–water partition coefficient (Wildman–Crippen LogP) is 3.56. The Bertz CT molecular complexity index is 1040. The number of aliphatic hydroxyl groups is 1. The van der Waals surface area contributed by atoms with Gasteiger partial charge in [0.15, 0.2) is 0 Å². The molecule has 0 unspecified atom stereocenters. The van der Waals surface area contributed by atoms with Crippen LogP contribution in [-0.4, -0.2) is 51.3 Å². The number of rotatable bonds is 3. The highest BCUT2D eigenvalue weighted by Crippen LogP contribution is 2.53. The van der Waals surface area contributed by atoms with Gasteiger partial charge in [-0.05, 0) is 60.8 Å². The maximum absolute atomic E-state index is 12.5. The first kappa shape index (κ1) is 25.4. The Labute approximate surface area is 201 Å². The van der Waals surface area contributed by atoms with Gasteiger partial charge in [0.2, 0.25) is 5.95 Å². The molecule has 2 heterocycles. The van der Waals surface area contributed by atoms with Gasteiger partial charge >= 0.3 is 0 Å². The molecule has 8 nitrogen and oxygen atoms in total. The van der Waals surface area contributed by atoms with E-state index in [0.29, 0.717) is 17.1 Å². The van der Waals surface area contributed by atoms with Gasteiger partial charge in [-0.15, -0.1) is 0 Å². The summed E-state index contributed by atoms with van der Waals surface area (Å²) in [6.45, 7) is 12.0. The van der Waals surface area contributed by atoms with E-state index >= 15 is 0 Å². The van der Waals surface area contributed by atoms with E-state index in [9.17, 15) is 9.90 Å². The summed E-state index contributed by atoms with van der Waals surface area (Å²) in [5.74, 6) is 0.723. The molecule has 2 aliphatic rings. The first-order valence-electron chi connectivity index (χ1n) is 11.7. The molecule has 1 amide bonds. The van der Waals surface area contributed by atoms with Gasteiger partial charge in [-0.2, -0.15) is 5.26 Å². The molecule has 8 heteroatoms. The molecule has 2 aromatic rings. The van der Waals surface area contributed by atoms with Crippen molar-refractivity contribution < 1.29 is 15.0 Å². The normalized spacial score (nSPS) is 19.3. The number of amides is 1. The second-order valence-electron chi connectivity index (χ2n) is 10.7. The van der Waals surface area contributed by atoms with Crippen molar-refractivity contribution in [1.29, 1.82) is 5.26 Å². The molecule has 1 saturated heterocycles. The zero-order valence-electron chi connectivity index (χ0n) is 20.7. The first-order valence-corrected chi connectivity index (χ1v) is 11.7. The van der Waals surface area contributed by atoms with E-state index in [1.54, 1.807) is 31.5 Å². The maximum Gasteiger partial charge on any atom is 0.254 e. The highest BCUT2D eigenvalue weighted by molar-refractivity contribution is 5.94. The van der Waals surface area contributed by atoms with Gasteiger partial charge in [-0.1, -0.05) is 27.7 Å². The number of hydrogen-bond acceptors (Lipinski definition) is 7. The summed E-state index contributed by atoms with van der Waals surface area (Å²) in [4.78, 5) is 23.3. The van der Waals surface area contributed by atoms with Crippen molar-refractivity contribution in [2.75, 3.05) is 18.0 Å². The first-order chi connectivity index (χ1) is 15.9. The molecule has 1 aromatic carbocycles. The minimum absolute atomic E-state index is 0.110. The zero-order chi connectivity index (χ0) is 25.1. The fourth-order valence-electron chi connectivity index (χ4n) is 5.35. The van der Waals surface area contributed by atoms with Crippen molar-refractivity contribution >= 4 is 11.9 Å². The molecule has 4 rings (SSSR count). The summed E-state index contributed by atoms with van der Waals surface area (Å²) in [7, 11) is 0. The highest BCUT2D eigenvalue weighted by atomic mass is 16.3. The number of nitrogens with one attached hydrogen (secondary N) is 1. The predicted molar refractivity (Wildman–Crippen MR) is 130 cm³/mol. The average molecular weight is 466 g/mol. The monoisotopic (exact) mass is 465 g/mol. The molecule has 1 aromatic heterocycles. The minimum Gasteiger partial charge on any atom is -0.508 e. The lowest BCUT2D eigenvalue weighted by molar-refractivity contribution is -0.0366. The van der Waals surface area contributed by atoms with E-state index in [-0.39, 0.29) is 34.6 Å². The number of anilines is 1. The van der Waals surface area contributed by atoms with E-state index < -0.39 is 0 Å². The van der Waals surface area contributed by atoms with Gasteiger partial charge in [-0.25, -0.2) is 9.97 Å². The fraction of sp³-hybridized carbons (Fsp3) is 0.538. The number of nitriles is 1. The fourth-order valence-corrected chi connectivity index (χ4v) is 5.35. The Kier molecular flexibility index (Phi) is 7.47. The van der Waals surface area contributed by atoms with Crippen LogP contribution in [0.4, 0.5) is 5.95 Å². The number of piperidine rings is 1. The van der Waals surface area contributed by atoms with Crippen LogP contribution in [-0.2, 0) is 0 Å².